The van der Waals surface area contributed by atoms with Crippen LogP contribution in [0.3, 0.4) is 0 Å². The van der Waals surface area contributed by atoms with Crippen LogP contribution in [0.25, 0.3) is 0 Å². The molecule has 0 aromatic rings. The monoisotopic (exact) mass is 197 g/mol. The van der Waals surface area contributed by atoms with E-state index < -0.39 is 0 Å². The van der Waals surface area contributed by atoms with Gasteiger partial charge in [-0.3, -0.25) is 0 Å². The zero-order chi connectivity index (χ0) is 9.97. The van der Waals surface area contributed by atoms with E-state index in [1.165, 1.54) is 12.8 Å². The van der Waals surface area contributed by atoms with Gasteiger partial charge >= 0.3 is 6.03 Å². The minimum atomic E-state index is 0.142. The zero-order valence-electron chi connectivity index (χ0n) is 8.83. The number of nitrogens with one attached hydrogen (secondary N) is 1. The highest BCUT2D eigenvalue weighted by molar-refractivity contribution is 5.75. The lowest BCUT2D eigenvalue weighted by Gasteiger charge is -2.34. The second-order valence-electron chi connectivity index (χ2n) is 4.15. The van der Waals surface area contributed by atoms with Crippen LogP contribution in [-0.2, 0) is 0 Å². The average Bonchev–Trinajstić information content (AvgIpc) is 3.02. The van der Waals surface area contributed by atoms with Gasteiger partial charge in [-0.1, -0.05) is 6.92 Å². The van der Waals surface area contributed by atoms with Crippen LogP contribution in [0.4, 0.5) is 4.79 Å². The number of rotatable bonds is 2. The lowest BCUT2D eigenvalue weighted by Crippen LogP contribution is -2.51. The Hall–Kier alpha value is -0.770. The molecule has 0 radical (unpaired) electrons. The summed E-state index contributed by atoms with van der Waals surface area (Å²) in [6.07, 6.45) is 2.33. The van der Waals surface area contributed by atoms with E-state index in [0.29, 0.717) is 6.04 Å². The van der Waals surface area contributed by atoms with E-state index in [9.17, 15) is 4.79 Å². The van der Waals surface area contributed by atoms with Gasteiger partial charge in [0, 0.05) is 32.2 Å². The Morgan fingerprint density at radius 3 is 2.43 bits per heavy atom. The summed E-state index contributed by atoms with van der Waals surface area (Å²) >= 11 is 0. The minimum absolute atomic E-state index is 0.142. The van der Waals surface area contributed by atoms with Crippen molar-refractivity contribution < 1.29 is 4.79 Å². The van der Waals surface area contributed by atoms with Crippen molar-refractivity contribution in [2.24, 2.45) is 0 Å². The third-order valence-electron chi connectivity index (χ3n) is 3.01. The largest absolute Gasteiger partial charge is 0.335 e. The van der Waals surface area contributed by atoms with Crippen molar-refractivity contribution in [1.82, 2.24) is 15.1 Å². The van der Waals surface area contributed by atoms with Crippen LogP contribution in [0.5, 0.6) is 0 Å². The maximum absolute atomic E-state index is 11.6. The summed E-state index contributed by atoms with van der Waals surface area (Å²) in [5, 5.41) is 3.02. The summed E-state index contributed by atoms with van der Waals surface area (Å²) in [6, 6.07) is 0.620. The molecule has 2 amide bonds. The van der Waals surface area contributed by atoms with E-state index >= 15 is 0 Å². The average molecular weight is 197 g/mol. The fourth-order valence-corrected chi connectivity index (χ4v) is 1.76. The lowest BCUT2D eigenvalue weighted by molar-refractivity contribution is 0.142. The van der Waals surface area contributed by atoms with Gasteiger partial charge in [-0.25, -0.2) is 4.79 Å². The molecule has 4 nitrogen and oxygen atoms in total. The Kier molecular flexibility index (Phi) is 2.91. The van der Waals surface area contributed by atoms with Crippen molar-refractivity contribution in [3.05, 3.63) is 0 Å². The van der Waals surface area contributed by atoms with Crippen LogP contribution in [-0.4, -0.2) is 54.6 Å². The van der Waals surface area contributed by atoms with Gasteiger partial charge in [0.25, 0.3) is 0 Å². The van der Waals surface area contributed by atoms with Crippen molar-refractivity contribution in [3.8, 4) is 0 Å². The van der Waals surface area contributed by atoms with Crippen molar-refractivity contribution in [2.75, 3.05) is 32.7 Å². The molecule has 1 saturated heterocycles. The number of hydrogen-bond acceptors (Lipinski definition) is 2. The van der Waals surface area contributed by atoms with Crippen LogP contribution in [0.2, 0.25) is 0 Å². The first-order chi connectivity index (χ1) is 6.79. The molecule has 0 aromatic carbocycles. The Labute approximate surface area is 85.2 Å². The molecule has 80 valence electrons. The molecule has 1 heterocycles. The highest BCUT2D eigenvalue weighted by Gasteiger charge is 2.27. The van der Waals surface area contributed by atoms with E-state index in [4.69, 9.17) is 0 Å². The molecule has 1 saturated carbocycles. The number of amides is 2. The van der Waals surface area contributed by atoms with Crippen molar-refractivity contribution in [1.29, 1.82) is 0 Å². The van der Waals surface area contributed by atoms with Gasteiger partial charge in [-0.15, -0.1) is 0 Å². The molecule has 2 fully saturated rings. The molecule has 4 heteroatoms. The molecular weight excluding hydrogens is 178 g/mol. The number of carbonyl (C=O) groups excluding carboxylic acids is 1. The molecule has 1 aliphatic carbocycles. The van der Waals surface area contributed by atoms with Crippen LogP contribution in [0.15, 0.2) is 0 Å². The van der Waals surface area contributed by atoms with Crippen LogP contribution >= 0.6 is 0 Å². The van der Waals surface area contributed by atoms with Gasteiger partial charge in [0.15, 0.2) is 0 Å². The third-order valence-corrected chi connectivity index (χ3v) is 3.01. The summed E-state index contributed by atoms with van der Waals surface area (Å²) in [5.41, 5.74) is 0. The number of carbonyl (C=O) groups is 1. The fourth-order valence-electron chi connectivity index (χ4n) is 1.76. The Bertz CT molecular complexity index is 207. The highest BCUT2D eigenvalue weighted by atomic mass is 16.2. The number of nitrogens with zero attached hydrogens (tertiary/aromatic N) is 2. The number of likely N-dealkylation sites (N-methyl/N-ethyl adjacent to an activating group) is 1. The number of urea groups is 1. The zero-order valence-corrected chi connectivity index (χ0v) is 8.83. The van der Waals surface area contributed by atoms with E-state index in [0.717, 1.165) is 32.7 Å². The Morgan fingerprint density at radius 1 is 1.29 bits per heavy atom. The molecular formula is C10H19N3O. The maximum atomic E-state index is 11.6. The Balaban J connectivity index is 1.73. The second kappa shape index (κ2) is 4.17. The molecule has 0 atom stereocenters. The fraction of sp³-hybridized carbons (Fsp3) is 0.900. The number of hydrogen-bond donors (Lipinski definition) is 1. The molecule has 0 bridgehead atoms. The molecule has 14 heavy (non-hydrogen) atoms. The van der Waals surface area contributed by atoms with Gasteiger partial charge in [-0.05, 0) is 19.4 Å². The second-order valence-corrected chi connectivity index (χ2v) is 4.15. The smallest absolute Gasteiger partial charge is 0.317 e. The van der Waals surface area contributed by atoms with Crippen LogP contribution in [0.1, 0.15) is 19.8 Å². The van der Waals surface area contributed by atoms with Gasteiger partial charge < -0.3 is 15.1 Å². The SMILES string of the molecule is CCN1CCN(C(=O)NC2CC2)CC1. The normalized spacial score (nSPS) is 23.6. The van der Waals surface area contributed by atoms with E-state index in [2.05, 4.69) is 17.1 Å². The first-order valence-electron chi connectivity index (χ1n) is 5.57. The number of piperazine rings is 1. The molecule has 1 N–H and O–H groups in total. The summed E-state index contributed by atoms with van der Waals surface area (Å²) in [6.45, 7) is 7.07. The summed E-state index contributed by atoms with van der Waals surface area (Å²) in [4.78, 5) is 16.0. The molecule has 2 aliphatic rings. The predicted molar refractivity (Wildman–Crippen MR) is 55.2 cm³/mol. The quantitative estimate of drug-likeness (QED) is 0.699. The summed E-state index contributed by atoms with van der Waals surface area (Å²) in [5.74, 6) is 0. The van der Waals surface area contributed by atoms with Gasteiger partial charge in [0.05, 0.1) is 0 Å². The topological polar surface area (TPSA) is 35.6 Å². The van der Waals surface area contributed by atoms with Gasteiger partial charge in [0.2, 0.25) is 0 Å². The van der Waals surface area contributed by atoms with Crippen molar-refractivity contribution >= 4 is 6.03 Å². The highest BCUT2D eigenvalue weighted by Crippen LogP contribution is 2.19. The lowest BCUT2D eigenvalue weighted by atomic mass is 10.3. The minimum Gasteiger partial charge on any atom is -0.335 e. The van der Waals surface area contributed by atoms with Crippen LogP contribution in [0, 0.1) is 0 Å². The summed E-state index contributed by atoms with van der Waals surface area (Å²) < 4.78 is 0. The van der Waals surface area contributed by atoms with E-state index in [-0.39, 0.29) is 6.03 Å². The van der Waals surface area contributed by atoms with Crippen molar-refractivity contribution in [2.45, 2.75) is 25.8 Å². The predicted octanol–water partition coefficient (Wildman–Crippen LogP) is 0.496. The van der Waals surface area contributed by atoms with Gasteiger partial charge in [0.1, 0.15) is 0 Å². The first-order valence-corrected chi connectivity index (χ1v) is 5.57. The molecule has 0 aromatic heterocycles. The van der Waals surface area contributed by atoms with Crippen molar-refractivity contribution in [3.63, 3.8) is 0 Å². The molecule has 0 spiro atoms. The third kappa shape index (κ3) is 2.38. The molecule has 1 aliphatic heterocycles. The standard InChI is InChI=1S/C10H19N3O/c1-2-12-5-7-13(8-6-12)10(14)11-9-3-4-9/h9H,2-8H2,1H3,(H,11,14). The molecule has 0 unspecified atom stereocenters. The maximum Gasteiger partial charge on any atom is 0.317 e. The van der Waals surface area contributed by atoms with Gasteiger partial charge in [-0.2, -0.15) is 0 Å². The molecule has 2 rings (SSSR count). The summed E-state index contributed by atoms with van der Waals surface area (Å²) in [7, 11) is 0. The van der Waals surface area contributed by atoms with E-state index in [1.807, 2.05) is 4.90 Å². The van der Waals surface area contributed by atoms with Crippen LogP contribution < -0.4 is 5.32 Å². The van der Waals surface area contributed by atoms with E-state index in [1.54, 1.807) is 0 Å². The Morgan fingerprint density at radius 2 is 1.93 bits per heavy atom. The first kappa shape index (κ1) is 9.77.